The van der Waals surface area contributed by atoms with Crippen LogP contribution in [0.3, 0.4) is 0 Å². The van der Waals surface area contributed by atoms with Gasteiger partial charge < -0.3 is 5.32 Å². The molecule has 1 heterocycles. The number of anilines is 1. The Morgan fingerprint density at radius 1 is 1.40 bits per heavy atom. The van der Waals surface area contributed by atoms with Crippen LogP contribution in [0.2, 0.25) is 10.0 Å². The maximum atomic E-state index is 12.3. The lowest BCUT2D eigenvalue weighted by molar-refractivity contribution is -0.120. The van der Waals surface area contributed by atoms with E-state index in [-0.39, 0.29) is 11.8 Å². The molecule has 0 saturated carbocycles. The van der Waals surface area contributed by atoms with Crippen LogP contribution in [0.5, 0.6) is 0 Å². The first kappa shape index (κ1) is 13.9. The van der Waals surface area contributed by atoms with Gasteiger partial charge in [0, 0.05) is 15.8 Å². The summed E-state index contributed by atoms with van der Waals surface area (Å²) in [5, 5.41) is 3.90. The van der Waals surface area contributed by atoms with E-state index in [1.54, 1.807) is 29.5 Å². The number of nitrogens with zero attached hydrogens (tertiary/aromatic N) is 1. The predicted molar refractivity (Wildman–Crippen MR) is 82.7 cm³/mol. The first-order chi connectivity index (χ1) is 9.63. The van der Waals surface area contributed by atoms with Gasteiger partial charge in [0.25, 0.3) is 0 Å². The zero-order chi connectivity index (χ0) is 14.1. The fourth-order valence-electron chi connectivity index (χ4n) is 2.35. The third kappa shape index (κ3) is 2.82. The number of nitrogens with one attached hydrogen (secondary N) is 1. The molecule has 0 spiro atoms. The van der Waals surface area contributed by atoms with Crippen molar-refractivity contribution in [3.05, 3.63) is 44.3 Å². The molecule has 1 aliphatic rings. The third-order valence-corrected chi connectivity index (χ3v) is 4.89. The Hall–Kier alpha value is -1.10. The fraction of sp³-hybridized carbons (Fsp3) is 0.286. The summed E-state index contributed by atoms with van der Waals surface area (Å²) in [4.78, 5) is 17.8. The highest BCUT2D eigenvalue weighted by atomic mass is 35.5. The van der Waals surface area contributed by atoms with E-state index in [2.05, 4.69) is 10.3 Å². The molecule has 3 rings (SSSR count). The lowest BCUT2D eigenvalue weighted by Crippen LogP contribution is -2.27. The van der Waals surface area contributed by atoms with E-state index in [4.69, 9.17) is 23.2 Å². The van der Waals surface area contributed by atoms with Crippen LogP contribution in [0.15, 0.2) is 23.7 Å². The van der Waals surface area contributed by atoms with Crippen LogP contribution in [0.1, 0.15) is 17.0 Å². The number of thiazole rings is 1. The zero-order valence-corrected chi connectivity index (χ0v) is 12.9. The smallest absolute Gasteiger partial charge is 0.227 e. The Balaban J connectivity index is 1.71. The molecule has 0 fully saturated rings. The number of hydrogen-bond acceptors (Lipinski definition) is 3. The van der Waals surface area contributed by atoms with Gasteiger partial charge in [-0.1, -0.05) is 23.2 Å². The Morgan fingerprint density at radius 3 is 3.05 bits per heavy atom. The average Bonchev–Trinajstić information content (AvgIpc) is 2.89. The number of rotatable bonds is 2. The van der Waals surface area contributed by atoms with Gasteiger partial charge >= 0.3 is 0 Å². The molecule has 1 aromatic heterocycles. The van der Waals surface area contributed by atoms with Crippen molar-refractivity contribution in [3.8, 4) is 0 Å². The monoisotopic (exact) mass is 326 g/mol. The molecule has 0 aliphatic heterocycles. The molecule has 1 aromatic carbocycles. The number of amides is 1. The van der Waals surface area contributed by atoms with Gasteiger partial charge in [-0.05, 0) is 37.5 Å². The van der Waals surface area contributed by atoms with Crippen molar-refractivity contribution < 1.29 is 4.79 Å². The van der Waals surface area contributed by atoms with E-state index >= 15 is 0 Å². The van der Waals surface area contributed by atoms with Crippen molar-refractivity contribution >= 4 is 46.1 Å². The van der Waals surface area contributed by atoms with Crippen molar-refractivity contribution in [1.29, 1.82) is 0 Å². The summed E-state index contributed by atoms with van der Waals surface area (Å²) in [5.74, 6) is -0.0111. The van der Waals surface area contributed by atoms with Crippen molar-refractivity contribution in [3.63, 3.8) is 0 Å². The summed E-state index contributed by atoms with van der Waals surface area (Å²) in [7, 11) is 0. The van der Waals surface area contributed by atoms with Crippen LogP contribution < -0.4 is 5.32 Å². The normalized spacial score (nSPS) is 17.6. The predicted octanol–water partition coefficient (Wildman–Crippen LogP) is 4.19. The molecular weight excluding hydrogens is 315 g/mol. The summed E-state index contributed by atoms with van der Waals surface area (Å²) in [6.07, 6.45) is 2.45. The van der Waals surface area contributed by atoms with Gasteiger partial charge in [-0.25, -0.2) is 4.98 Å². The first-order valence-electron chi connectivity index (χ1n) is 6.30. The van der Waals surface area contributed by atoms with Gasteiger partial charge in [0.05, 0.1) is 21.9 Å². The van der Waals surface area contributed by atoms with E-state index < -0.39 is 0 Å². The highest BCUT2D eigenvalue weighted by Gasteiger charge is 2.26. The largest absolute Gasteiger partial charge is 0.325 e. The second-order valence-electron chi connectivity index (χ2n) is 4.78. The van der Waals surface area contributed by atoms with Gasteiger partial charge in [-0.15, -0.1) is 11.3 Å². The number of fused-ring (bicyclic) bond motifs is 1. The molecular formula is C14H12Cl2N2OS. The van der Waals surface area contributed by atoms with Crippen LogP contribution in [0, 0.1) is 5.92 Å². The van der Waals surface area contributed by atoms with Crippen LogP contribution in [-0.2, 0) is 17.6 Å². The fourth-order valence-corrected chi connectivity index (χ4v) is 3.70. The van der Waals surface area contributed by atoms with Gasteiger partial charge in [0.2, 0.25) is 5.91 Å². The summed E-state index contributed by atoms with van der Waals surface area (Å²) in [6.45, 7) is 0. The van der Waals surface area contributed by atoms with Crippen molar-refractivity contribution in [2.75, 3.05) is 5.32 Å². The quantitative estimate of drug-likeness (QED) is 0.898. The Bertz CT molecular complexity index is 656. The minimum absolute atomic E-state index is 0.00766. The number of aryl methyl sites for hydroxylation is 1. The summed E-state index contributed by atoms with van der Waals surface area (Å²) in [5.41, 5.74) is 3.60. The number of aromatic nitrogens is 1. The molecule has 0 radical (unpaired) electrons. The van der Waals surface area contributed by atoms with Gasteiger partial charge in [0.15, 0.2) is 0 Å². The number of carbonyl (C=O) groups is 1. The topological polar surface area (TPSA) is 42.0 Å². The molecule has 20 heavy (non-hydrogen) atoms. The second-order valence-corrected chi connectivity index (χ2v) is 6.56. The molecule has 3 nitrogen and oxygen atoms in total. The Labute approximate surface area is 130 Å². The second kappa shape index (κ2) is 5.72. The molecule has 1 unspecified atom stereocenters. The van der Waals surface area contributed by atoms with E-state index in [1.807, 2.05) is 5.51 Å². The van der Waals surface area contributed by atoms with Crippen molar-refractivity contribution in [2.24, 2.45) is 5.92 Å². The minimum atomic E-state index is -0.0188. The third-order valence-electron chi connectivity index (χ3n) is 3.45. The molecule has 1 amide bonds. The van der Waals surface area contributed by atoms with Gasteiger partial charge in [-0.3, -0.25) is 4.79 Å². The highest BCUT2D eigenvalue weighted by Crippen LogP contribution is 2.30. The standard InChI is InChI=1S/C14H12Cl2N2OS/c15-9-2-4-11(10(16)6-9)18-14(19)8-1-3-12-13(5-8)20-7-17-12/h2,4,6-8H,1,3,5H2,(H,18,19). The van der Waals surface area contributed by atoms with E-state index in [0.29, 0.717) is 15.7 Å². The molecule has 1 atom stereocenters. The lowest BCUT2D eigenvalue weighted by atomic mass is 9.90. The number of hydrogen-bond donors (Lipinski definition) is 1. The van der Waals surface area contributed by atoms with Crippen molar-refractivity contribution in [2.45, 2.75) is 19.3 Å². The van der Waals surface area contributed by atoms with E-state index in [1.165, 1.54) is 4.88 Å². The number of halogens is 2. The van der Waals surface area contributed by atoms with Crippen LogP contribution in [-0.4, -0.2) is 10.9 Å². The molecule has 1 aliphatic carbocycles. The Kier molecular flexibility index (Phi) is 3.96. The molecule has 0 saturated heterocycles. The maximum Gasteiger partial charge on any atom is 0.227 e. The Morgan fingerprint density at radius 2 is 2.25 bits per heavy atom. The van der Waals surface area contributed by atoms with Crippen molar-refractivity contribution in [1.82, 2.24) is 4.98 Å². The molecule has 6 heteroatoms. The summed E-state index contributed by atoms with van der Waals surface area (Å²) in [6, 6.07) is 5.07. The molecule has 2 aromatic rings. The molecule has 1 N–H and O–H groups in total. The van der Waals surface area contributed by atoms with Crippen LogP contribution in [0.25, 0.3) is 0 Å². The van der Waals surface area contributed by atoms with E-state index in [0.717, 1.165) is 25.0 Å². The van der Waals surface area contributed by atoms with Crippen LogP contribution in [0.4, 0.5) is 5.69 Å². The van der Waals surface area contributed by atoms with Gasteiger partial charge in [-0.2, -0.15) is 0 Å². The molecule has 0 bridgehead atoms. The maximum absolute atomic E-state index is 12.3. The average molecular weight is 327 g/mol. The number of benzene rings is 1. The molecule has 104 valence electrons. The van der Waals surface area contributed by atoms with E-state index in [9.17, 15) is 4.79 Å². The summed E-state index contributed by atoms with van der Waals surface area (Å²) < 4.78 is 0. The zero-order valence-electron chi connectivity index (χ0n) is 10.5. The minimum Gasteiger partial charge on any atom is -0.325 e. The lowest BCUT2D eigenvalue weighted by Gasteiger charge is -2.20. The SMILES string of the molecule is O=C(Nc1ccc(Cl)cc1Cl)C1CCc2ncsc2C1. The summed E-state index contributed by atoms with van der Waals surface area (Å²) >= 11 is 13.5. The number of carbonyl (C=O) groups excluding carboxylic acids is 1. The van der Waals surface area contributed by atoms with Gasteiger partial charge in [0.1, 0.15) is 0 Å². The first-order valence-corrected chi connectivity index (χ1v) is 7.94. The highest BCUT2D eigenvalue weighted by molar-refractivity contribution is 7.09. The van der Waals surface area contributed by atoms with Crippen LogP contribution >= 0.6 is 34.5 Å².